The summed E-state index contributed by atoms with van der Waals surface area (Å²) in [6.45, 7) is 0. The molecule has 0 aliphatic heterocycles. The first-order chi connectivity index (χ1) is 17.2. The van der Waals surface area contributed by atoms with Crippen LogP contribution in [0.2, 0.25) is 0 Å². The molecule has 0 radical (unpaired) electrons. The largest absolute Gasteiger partial charge is 0.419 e. The van der Waals surface area contributed by atoms with E-state index < -0.39 is 29.0 Å². The van der Waals surface area contributed by atoms with Crippen molar-refractivity contribution in [3.63, 3.8) is 0 Å². The summed E-state index contributed by atoms with van der Waals surface area (Å²) in [4.78, 5) is 18.5. The number of hydrogen-bond donors (Lipinski definition) is 1. The molecule has 192 valence electrons. The quantitative estimate of drug-likeness (QED) is 0.376. The lowest BCUT2D eigenvalue weighted by molar-refractivity contribution is -0.140. The smallest absolute Gasteiger partial charge is 0.368 e. The summed E-state index contributed by atoms with van der Waals surface area (Å²) in [5.41, 5.74) is 5.45. The SMILES string of the molecule is NC(=O)C(C1CCCCC1)(C1CCCCC1)n1c(-c2ccc(C(F)(F)F)c(F)c2)nc2ccccc21. The molecule has 2 fully saturated rings. The molecule has 0 spiro atoms. The Labute approximate surface area is 207 Å². The first kappa shape index (κ1) is 24.8. The summed E-state index contributed by atoms with van der Waals surface area (Å²) in [7, 11) is 0. The highest BCUT2D eigenvalue weighted by molar-refractivity contribution is 5.89. The molecule has 1 aromatic heterocycles. The molecule has 2 saturated carbocycles. The second-order valence-electron chi connectivity index (χ2n) is 10.3. The molecule has 1 heterocycles. The molecule has 0 saturated heterocycles. The van der Waals surface area contributed by atoms with Crippen molar-refractivity contribution in [1.82, 2.24) is 9.55 Å². The number of imidazole rings is 1. The number of benzene rings is 2. The van der Waals surface area contributed by atoms with Gasteiger partial charge in [-0.2, -0.15) is 13.2 Å². The van der Waals surface area contributed by atoms with Crippen molar-refractivity contribution in [1.29, 1.82) is 0 Å². The Morgan fingerprint density at radius 1 is 0.889 bits per heavy atom. The van der Waals surface area contributed by atoms with E-state index in [0.717, 1.165) is 76.3 Å². The standard InChI is InChI=1S/C28H31F4N3O/c29-22-17-18(15-16-21(22)28(30,31)32)25-34-23-13-7-8-14-24(23)35(25)27(26(33)36,19-9-3-1-4-10-19)20-11-5-2-6-12-20/h7-8,13-17,19-20H,1-6,9-12H2,(H2,33,36). The summed E-state index contributed by atoms with van der Waals surface area (Å²) < 4.78 is 56.5. The Morgan fingerprint density at radius 3 is 2.00 bits per heavy atom. The second-order valence-corrected chi connectivity index (χ2v) is 10.3. The number of nitrogens with zero attached hydrogens (tertiary/aromatic N) is 2. The monoisotopic (exact) mass is 501 g/mol. The Hall–Kier alpha value is -2.90. The predicted octanol–water partition coefficient (Wildman–Crippen LogP) is 7.20. The van der Waals surface area contributed by atoms with Gasteiger partial charge in [0.25, 0.3) is 0 Å². The van der Waals surface area contributed by atoms with E-state index in [2.05, 4.69) is 0 Å². The number of carbonyl (C=O) groups excluding carboxylic acids is 1. The third-order valence-corrected chi connectivity index (χ3v) is 8.31. The molecule has 36 heavy (non-hydrogen) atoms. The molecule has 0 bridgehead atoms. The van der Waals surface area contributed by atoms with Gasteiger partial charge in [-0.05, 0) is 61.8 Å². The molecule has 0 atom stereocenters. The van der Waals surface area contributed by atoms with Gasteiger partial charge in [0.1, 0.15) is 17.2 Å². The highest BCUT2D eigenvalue weighted by Crippen LogP contribution is 2.50. The number of alkyl halides is 3. The van der Waals surface area contributed by atoms with E-state index in [1.165, 1.54) is 6.07 Å². The van der Waals surface area contributed by atoms with Crippen LogP contribution >= 0.6 is 0 Å². The van der Waals surface area contributed by atoms with Crippen LogP contribution in [0.15, 0.2) is 42.5 Å². The summed E-state index contributed by atoms with van der Waals surface area (Å²) in [6.07, 6.45) is 4.71. The summed E-state index contributed by atoms with van der Waals surface area (Å²) in [5.74, 6) is -1.56. The van der Waals surface area contributed by atoms with Crippen molar-refractivity contribution < 1.29 is 22.4 Å². The van der Waals surface area contributed by atoms with Crippen molar-refractivity contribution in [2.45, 2.75) is 75.9 Å². The zero-order chi connectivity index (χ0) is 25.5. The number of primary amides is 1. The third kappa shape index (κ3) is 4.08. The van der Waals surface area contributed by atoms with Crippen LogP contribution in [0.5, 0.6) is 0 Å². The van der Waals surface area contributed by atoms with Gasteiger partial charge in [0.2, 0.25) is 5.91 Å². The van der Waals surface area contributed by atoms with E-state index in [9.17, 15) is 22.4 Å². The van der Waals surface area contributed by atoms with Crippen LogP contribution in [0.3, 0.4) is 0 Å². The molecule has 2 aliphatic carbocycles. The maximum atomic E-state index is 14.7. The number of aromatic nitrogens is 2. The summed E-state index contributed by atoms with van der Waals surface area (Å²) in [5, 5.41) is 0. The maximum absolute atomic E-state index is 14.7. The summed E-state index contributed by atoms with van der Waals surface area (Å²) in [6, 6.07) is 10.2. The Morgan fingerprint density at radius 2 is 1.47 bits per heavy atom. The van der Waals surface area contributed by atoms with Crippen molar-refractivity contribution in [3.8, 4) is 11.4 Å². The molecule has 8 heteroatoms. The van der Waals surface area contributed by atoms with Gasteiger partial charge in [-0.3, -0.25) is 4.79 Å². The minimum Gasteiger partial charge on any atom is -0.368 e. The van der Waals surface area contributed by atoms with E-state index in [-0.39, 0.29) is 17.4 Å². The number of rotatable bonds is 5. The number of halogens is 4. The zero-order valence-corrected chi connectivity index (χ0v) is 20.2. The van der Waals surface area contributed by atoms with Crippen molar-refractivity contribution in [2.24, 2.45) is 17.6 Å². The van der Waals surface area contributed by atoms with Gasteiger partial charge >= 0.3 is 6.18 Å². The fraction of sp³-hybridized carbons (Fsp3) is 0.500. The Bertz CT molecular complexity index is 1240. The van der Waals surface area contributed by atoms with E-state index >= 15 is 0 Å². The van der Waals surface area contributed by atoms with Crippen molar-refractivity contribution in [3.05, 3.63) is 53.8 Å². The van der Waals surface area contributed by atoms with Crippen molar-refractivity contribution in [2.75, 3.05) is 0 Å². The lowest BCUT2D eigenvalue weighted by Gasteiger charge is -2.48. The van der Waals surface area contributed by atoms with Crippen LogP contribution in [-0.2, 0) is 16.5 Å². The molecule has 2 N–H and O–H groups in total. The van der Waals surface area contributed by atoms with E-state index in [4.69, 9.17) is 10.7 Å². The molecular weight excluding hydrogens is 470 g/mol. The first-order valence-corrected chi connectivity index (χ1v) is 12.9. The van der Waals surface area contributed by atoms with Crippen LogP contribution in [0.1, 0.15) is 69.8 Å². The minimum absolute atomic E-state index is 0.0255. The number of amides is 1. The number of fused-ring (bicyclic) bond motifs is 1. The molecule has 2 aliphatic rings. The van der Waals surface area contributed by atoms with Crippen LogP contribution in [0, 0.1) is 17.7 Å². The number of para-hydroxylation sites is 2. The Balaban J connectivity index is 1.80. The van der Waals surface area contributed by atoms with E-state index in [1.807, 2.05) is 28.8 Å². The lowest BCUT2D eigenvalue weighted by Crippen LogP contribution is -2.58. The number of nitrogens with two attached hydrogens (primary N) is 1. The molecule has 3 aromatic rings. The highest BCUT2D eigenvalue weighted by atomic mass is 19.4. The van der Waals surface area contributed by atoms with E-state index in [1.54, 1.807) is 0 Å². The van der Waals surface area contributed by atoms with Gasteiger partial charge < -0.3 is 10.3 Å². The van der Waals surface area contributed by atoms with Crippen LogP contribution in [0.25, 0.3) is 22.4 Å². The third-order valence-electron chi connectivity index (χ3n) is 8.31. The average molecular weight is 502 g/mol. The molecule has 0 unspecified atom stereocenters. The molecule has 1 amide bonds. The minimum atomic E-state index is -4.80. The van der Waals surface area contributed by atoms with Gasteiger partial charge in [0, 0.05) is 5.56 Å². The van der Waals surface area contributed by atoms with Crippen molar-refractivity contribution >= 4 is 16.9 Å². The number of carbonyl (C=O) groups is 1. The summed E-state index contributed by atoms with van der Waals surface area (Å²) >= 11 is 0. The fourth-order valence-corrected chi connectivity index (χ4v) is 6.77. The van der Waals surface area contributed by atoms with Gasteiger partial charge in [-0.1, -0.05) is 56.7 Å². The van der Waals surface area contributed by atoms with Crippen LogP contribution in [-0.4, -0.2) is 15.5 Å². The zero-order valence-electron chi connectivity index (χ0n) is 20.2. The van der Waals surface area contributed by atoms with Gasteiger partial charge in [-0.15, -0.1) is 0 Å². The normalized spacial score (nSPS) is 18.6. The fourth-order valence-electron chi connectivity index (χ4n) is 6.77. The number of hydrogen-bond acceptors (Lipinski definition) is 2. The highest BCUT2D eigenvalue weighted by Gasteiger charge is 2.53. The topological polar surface area (TPSA) is 60.9 Å². The molecule has 5 rings (SSSR count). The maximum Gasteiger partial charge on any atom is 0.419 e. The van der Waals surface area contributed by atoms with E-state index in [0.29, 0.717) is 16.9 Å². The van der Waals surface area contributed by atoms with Gasteiger partial charge in [-0.25, -0.2) is 9.37 Å². The molecule has 4 nitrogen and oxygen atoms in total. The average Bonchev–Trinajstić information content (AvgIpc) is 3.25. The lowest BCUT2D eigenvalue weighted by atomic mass is 9.63. The molecular formula is C28H31F4N3O. The Kier molecular flexibility index (Phi) is 6.55. The van der Waals surface area contributed by atoms with Crippen LogP contribution < -0.4 is 5.73 Å². The van der Waals surface area contributed by atoms with Gasteiger partial charge in [0.05, 0.1) is 16.6 Å². The molecule has 2 aromatic carbocycles. The predicted molar refractivity (Wildman–Crippen MR) is 130 cm³/mol. The first-order valence-electron chi connectivity index (χ1n) is 12.9. The second kappa shape index (κ2) is 9.52. The van der Waals surface area contributed by atoms with Crippen LogP contribution in [0.4, 0.5) is 17.6 Å². The van der Waals surface area contributed by atoms with Gasteiger partial charge in [0.15, 0.2) is 0 Å².